The van der Waals surface area contributed by atoms with Crippen LogP contribution in [0, 0.1) is 0 Å². The molecule has 0 bridgehead atoms. The number of nitrogens with zero attached hydrogens (tertiary/aromatic N) is 2. The first kappa shape index (κ1) is 9.89. The third-order valence-electron chi connectivity index (χ3n) is 2.70. The van der Waals surface area contributed by atoms with Crippen molar-refractivity contribution in [2.75, 3.05) is 0 Å². The lowest BCUT2D eigenvalue weighted by molar-refractivity contribution is 0.271. The van der Waals surface area contributed by atoms with Crippen LogP contribution < -0.4 is 10.5 Å². The highest BCUT2D eigenvalue weighted by Crippen LogP contribution is 2.31. The van der Waals surface area contributed by atoms with E-state index in [0.29, 0.717) is 23.7 Å². The Morgan fingerprint density at radius 2 is 2.41 bits per heavy atom. The second kappa shape index (κ2) is 3.62. The summed E-state index contributed by atoms with van der Waals surface area (Å²) in [5.41, 5.74) is 1.67. The van der Waals surface area contributed by atoms with Crippen LogP contribution in [-0.4, -0.2) is 9.72 Å². The molecule has 3 rings (SSSR count). The van der Waals surface area contributed by atoms with Gasteiger partial charge in [-0.05, 0) is 12.5 Å². The van der Waals surface area contributed by atoms with E-state index in [1.54, 1.807) is 6.08 Å². The Morgan fingerprint density at radius 1 is 1.53 bits per heavy atom. The van der Waals surface area contributed by atoms with E-state index in [4.69, 9.17) is 4.74 Å². The molecule has 0 saturated heterocycles. The lowest BCUT2D eigenvalue weighted by atomic mass is 10.1. The molecule has 0 spiro atoms. The summed E-state index contributed by atoms with van der Waals surface area (Å²) in [5, 5.41) is 3.66. The highest BCUT2D eigenvalue weighted by Gasteiger charge is 2.23. The summed E-state index contributed by atoms with van der Waals surface area (Å²) in [6.45, 7) is 3.94. The third kappa shape index (κ3) is 1.39. The van der Waals surface area contributed by atoms with Gasteiger partial charge in [-0.15, -0.1) is 6.58 Å². The van der Waals surface area contributed by atoms with Crippen molar-refractivity contribution in [1.82, 2.24) is 9.72 Å². The monoisotopic (exact) mass is 230 g/mol. The van der Waals surface area contributed by atoms with Crippen molar-refractivity contribution in [3.63, 3.8) is 0 Å². The highest BCUT2D eigenvalue weighted by atomic mass is 16.5. The third-order valence-corrected chi connectivity index (χ3v) is 2.70. The lowest BCUT2D eigenvalue weighted by Crippen LogP contribution is -2.21. The van der Waals surface area contributed by atoms with Crippen LogP contribution in [0.4, 0.5) is 0 Å². The van der Waals surface area contributed by atoms with Crippen LogP contribution in [0.1, 0.15) is 11.4 Å². The molecule has 1 aromatic heterocycles. The zero-order valence-corrected chi connectivity index (χ0v) is 9.05. The molecule has 5 nitrogen and oxygen atoms in total. The Kier molecular flexibility index (Phi) is 2.11. The van der Waals surface area contributed by atoms with Gasteiger partial charge in [0.1, 0.15) is 5.75 Å². The molecule has 0 fully saturated rings. The van der Waals surface area contributed by atoms with Crippen molar-refractivity contribution in [2.45, 2.75) is 13.0 Å². The second-order valence-electron chi connectivity index (χ2n) is 3.75. The Morgan fingerprint density at radius 3 is 3.24 bits per heavy atom. The quantitative estimate of drug-likeness (QED) is 0.732. The minimum atomic E-state index is -0.486. The predicted molar refractivity (Wildman–Crippen MR) is 60.3 cm³/mol. The van der Waals surface area contributed by atoms with Crippen molar-refractivity contribution >= 4 is 0 Å². The number of hydrogen-bond donors (Lipinski definition) is 0. The summed E-state index contributed by atoms with van der Waals surface area (Å²) in [6, 6.07) is 5.63. The fraction of sp³-hybridized carbons (Fsp3) is 0.167. The van der Waals surface area contributed by atoms with Gasteiger partial charge in [-0.1, -0.05) is 23.4 Å². The summed E-state index contributed by atoms with van der Waals surface area (Å²) in [6.07, 6.45) is 2.49. The standard InChI is InChI=1S/C12H10N2O3/c1-2-4-8-5-3-6-9-11(8)16-7-10-13-17-12(15)14(9)10/h2-3,5-6H,1,4,7H2. The van der Waals surface area contributed by atoms with Crippen molar-refractivity contribution in [3.8, 4) is 11.4 Å². The number of benzene rings is 1. The van der Waals surface area contributed by atoms with Gasteiger partial charge in [0.25, 0.3) is 0 Å². The van der Waals surface area contributed by atoms with Gasteiger partial charge in [-0.25, -0.2) is 9.36 Å². The van der Waals surface area contributed by atoms with Crippen LogP contribution in [0.3, 0.4) is 0 Å². The van der Waals surface area contributed by atoms with Crippen LogP contribution in [0.15, 0.2) is 40.2 Å². The van der Waals surface area contributed by atoms with Gasteiger partial charge in [0.2, 0.25) is 0 Å². The number of hydrogen-bond acceptors (Lipinski definition) is 4. The van der Waals surface area contributed by atoms with E-state index in [1.165, 1.54) is 4.57 Å². The average Bonchev–Trinajstić information content (AvgIpc) is 2.72. The first-order valence-corrected chi connectivity index (χ1v) is 5.25. The second-order valence-corrected chi connectivity index (χ2v) is 3.75. The van der Waals surface area contributed by atoms with E-state index >= 15 is 0 Å². The summed E-state index contributed by atoms with van der Waals surface area (Å²) in [4.78, 5) is 11.6. The summed E-state index contributed by atoms with van der Waals surface area (Å²) in [5.74, 6) is 0.698. The molecule has 1 aliphatic heterocycles. The molecule has 5 heteroatoms. The first-order valence-electron chi connectivity index (χ1n) is 5.25. The molecule has 0 aliphatic carbocycles. The summed E-state index contributed by atoms with van der Waals surface area (Å²) in [7, 11) is 0. The zero-order chi connectivity index (χ0) is 11.8. The molecule has 17 heavy (non-hydrogen) atoms. The minimum absolute atomic E-state index is 0.243. The summed E-state index contributed by atoms with van der Waals surface area (Å²) < 4.78 is 11.7. The Bertz CT molecular complexity index is 639. The molecule has 0 unspecified atom stereocenters. The zero-order valence-electron chi connectivity index (χ0n) is 9.05. The molecule has 0 atom stereocenters. The topological polar surface area (TPSA) is 57.3 Å². The predicted octanol–water partition coefficient (Wildman–Crippen LogP) is 1.45. The molecule has 86 valence electrons. The Hall–Kier alpha value is -2.30. The highest BCUT2D eigenvalue weighted by molar-refractivity contribution is 5.54. The molecule has 1 aromatic carbocycles. The fourth-order valence-electron chi connectivity index (χ4n) is 1.97. The molecule has 1 aliphatic rings. The van der Waals surface area contributed by atoms with Crippen LogP contribution in [-0.2, 0) is 13.0 Å². The smallest absolute Gasteiger partial charge is 0.446 e. The summed E-state index contributed by atoms with van der Waals surface area (Å²) >= 11 is 0. The van der Waals surface area contributed by atoms with Gasteiger partial charge >= 0.3 is 5.76 Å². The SMILES string of the molecule is C=CCc1cccc2c1OCc1noc(=O)n1-2. The Balaban J connectivity index is 2.26. The molecule has 0 N–H and O–H groups in total. The van der Waals surface area contributed by atoms with E-state index in [-0.39, 0.29) is 6.61 Å². The Labute approximate surface area is 96.9 Å². The molecule has 0 radical (unpaired) electrons. The number of allylic oxidation sites excluding steroid dienone is 1. The molecular weight excluding hydrogens is 220 g/mol. The number of fused-ring (bicyclic) bond motifs is 3. The van der Waals surface area contributed by atoms with Crippen LogP contribution >= 0.6 is 0 Å². The number of para-hydroxylation sites is 1. The van der Waals surface area contributed by atoms with E-state index in [9.17, 15) is 4.79 Å². The van der Waals surface area contributed by atoms with Gasteiger partial charge in [-0.2, -0.15) is 0 Å². The maximum atomic E-state index is 11.6. The van der Waals surface area contributed by atoms with Gasteiger partial charge in [0.05, 0.1) is 5.69 Å². The minimum Gasteiger partial charge on any atom is -0.483 e. The van der Waals surface area contributed by atoms with Gasteiger partial charge in [0.15, 0.2) is 12.4 Å². The first-order chi connectivity index (χ1) is 8.31. The van der Waals surface area contributed by atoms with E-state index < -0.39 is 5.76 Å². The van der Waals surface area contributed by atoms with Crippen molar-refractivity contribution in [3.05, 3.63) is 52.8 Å². The van der Waals surface area contributed by atoms with Gasteiger partial charge in [-0.3, -0.25) is 4.52 Å². The maximum Gasteiger partial charge on any atom is 0.446 e. The van der Waals surface area contributed by atoms with Gasteiger partial charge < -0.3 is 4.74 Å². The van der Waals surface area contributed by atoms with E-state index in [2.05, 4.69) is 16.3 Å². The molecular formula is C12H10N2O3. The van der Waals surface area contributed by atoms with Crippen molar-refractivity contribution in [2.24, 2.45) is 0 Å². The number of aromatic nitrogens is 2. The number of rotatable bonds is 2. The molecule has 0 saturated carbocycles. The fourth-order valence-corrected chi connectivity index (χ4v) is 1.97. The average molecular weight is 230 g/mol. The van der Waals surface area contributed by atoms with Crippen LogP contribution in [0.2, 0.25) is 0 Å². The van der Waals surface area contributed by atoms with E-state index in [0.717, 1.165) is 5.56 Å². The lowest BCUT2D eigenvalue weighted by Gasteiger charge is -2.19. The largest absolute Gasteiger partial charge is 0.483 e. The van der Waals surface area contributed by atoms with Gasteiger partial charge in [0, 0.05) is 5.56 Å². The molecule has 2 aromatic rings. The van der Waals surface area contributed by atoms with Crippen LogP contribution in [0.5, 0.6) is 5.75 Å². The number of ether oxygens (including phenoxy) is 1. The van der Waals surface area contributed by atoms with Crippen molar-refractivity contribution < 1.29 is 9.26 Å². The van der Waals surface area contributed by atoms with Crippen molar-refractivity contribution in [1.29, 1.82) is 0 Å². The maximum absolute atomic E-state index is 11.6. The normalized spacial score (nSPS) is 12.5. The van der Waals surface area contributed by atoms with E-state index in [1.807, 2.05) is 18.2 Å². The van der Waals surface area contributed by atoms with Crippen LogP contribution in [0.25, 0.3) is 5.69 Å². The molecule has 2 heterocycles. The molecule has 0 amide bonds.